The van der Waals surface area contributed by atoms with Crippen LogP contribution in [0.1, 0.15) is 43.6 Å². The Kier molecular flexibility index (Phi) is 5.30. The van der Waals surface area contributed by atoms with Crippen LogP contribution in [-0.4, -0.2) is 38.3 Å². The van der Waals surface area contributed by atoms with E-state index in [4.69, 9.17) is 9.31 Å². The van der Waals surface area contributed by atoms with Gasteiger partial charge in [0.05, 0.1) is 11.2 Å². The zero-order chi connectivity index (χ0) is 20.7. The van der Waals surface area contributed by atoms with Gasteiger partial charge in [0.25, 0.3) is 5.91 Å². The molecule has 0 radical (unpaired) electrons. The lowest BCUT2D eigenvalue weighted by atomic mass is 9.75. The van der Waals surface area contributed by atoms with Crippen molar-refractivity contribution in [3.05, 3.63) is 53.6 Å². The fourth-order valence-corrected chi connectivity index (χ4v) is 3.07. The minimum atomic E-state index is -0.491. The summed E-state index contributed by atoms with van der Waals surface area (Å²) in [5.41, 5.74) is 3.43. The Balaban J connectivity index is 1.84. The molecule has 2 aromatic carbocycles. The summed E-state index contributed by atoms with van der Waals surface area (Å²) in [5.74, 6) is -0.159. The number of carbonyl (C=O) groups is 1. The van der Waals surface area contributed by atoms with E-state index in [1.165, 1.54) is 0 Å². The van der Waals surface area contributed by atoms with Crippen molar-refractivity contribution in [2.45, 2.75) is 45.8 Å². The first kappa shape index (κ1) is 20.4. The topological polar surface area (TPSA) is 50.8 Å². The molecule has 1 saturated heterocycles. The molecule has 148 valence electrons. The highest BCUT2D eigenvalue weighted by molar-refractivity contribution is 6.62. The third kappa shape index (κ3) is 3.93. The number of anilines is 2. The van der Waals surface area contributed by atoms with Gasteiger partial charge >= 0.3 is 7.12 Å². The molecule has 1 fully saturated rings. The van der Waals surface area contributed by atoms with Crippen molar-refractivity contribution in [1.29, 1.82) is 0 Å². The Morgan fingerprint density at radius 1 is 1.00 bits per heavy atom. The summed E-state index contributed by atoms with van der Waals surface area (Å²) in [6.45, 7) is 10.1. The molecule has 0 saturated carbocycles. The second-order valence-corrected chi connectivity index (χ2v) is 8.56. The van der Waals surface area contributed by atoms with E-state index in [0.717, 1.165) is 22.4 Å². The lowest BCUT2D eigenvalue weighted by molar-refractivity contribution is 0.00578. The number of nitrogens with one attached hydrogen (secondary N) is 1. The standard InChI is InChI=1S/C22H29BN2O3/c1-15-11-12-16(13-19(15)23-27-21(2,3)22(4,5)28-23)20(26)24-17-9-8-10-18(14-17)25(6)7/h8-14H,1-7H3,(H,24,26). The Hall–Kier alpha value is -2.31. The van der Waals surface area contributed by atoms with Crippen LogP contribution in [0, 0.1) is 6.92 Å². The van der Waals surface area contributed by atoms with Crippen molar-refractivity contribution in [1.82, 2.24) is 0 Å². The molecule has 28 heavy (non-hydrogen) atoms. The van der Waals surface area contributed by atoms with Crippen LogP contribution in [0.4, 0.5) is 11.4 Å². The third-order valence-corrected chi connectivity index (χ3v) is 5.67. The number of hydrogen-bond donors (Lipinski definition) is 1. The van der Waals surface area contributed by atoms with Crippen LogP contribution < -0.4 is 15.7 Å². The number of benzene rings is 2. The van der Waals surface area contributed by atoms with Crippen LogP contribution in [0.15, 0.2) is 42.5 Å². The third-order valence-electron chi connectivity index (χ3n) is 5.67. The molecule has 5 nitrogen and oxygen atoms in total. The molecule has 2 aromatic rings. The van der Waals surface area contributed by atoms with Gasteiger partial charge < -0.3 is 19.5 Å². The van der Waals surface area contributed by atoms with Crippen LogP contribution in [0.2, 0.25) is 0 Å². The number of aryl methyl sites for hydroxylation is 1. The van der Waals surface area contributed by atoms with E-state index in [1.54, 1.807) is 0 Å². The van der Waals surface area contributed by atoms with Gasteiger partial charge in [0.15, 0.2) is 0 Å². The molecule has 1 aliphatic rings. The summed E-state index contributed by atoms with van der Waals surface area (Å²) in [5, 5.41) is 2.98. The number of amides is 1. The van der Waals surface area contributed by atoms with Gasteiger partial charge in [-0.3, -0.25) is 4.79 Å². The van der Waals surface area contributed by atoms with E-state index in [0.29, 0.717) is 5.56 Å². The average molecular weight is 380 g/mol. The quantitative estimate of drug-likeness (QED) is 0.824. The van der Waals surface area contributed by atoms with E-state index in [9.17, 15) is 4.79 Å². The van der Waals surface area contributed by atoms with Crippen molar-refractivity contribution in [3.8, 4) is 0 Å². The summed E-state index contributed by atoms with van der Waals surface area (Å²) < 4.78 is 12.3. The molecule has 3 rings (SSSR count). The van der Waals surface area contributed by atoms with E-state index < -0.39 is 18.3 Å². The SMILES string of the molecule is Cc1ccc(C(=O)Nc2cccc(N(C)C)c2)cc1B1OC(C)(C)C(C)(C)O1. The normalized spacial score (nSPS) is 17.5. The van der Waals surface area contributed by atoms with Gasteiger partial charge in [-0.25, -0.2) is 0 Å². The van der Waals surface area contributed by atoms with Gasteiger partial charge in [0.2, 0.25) is 0 Å². The molecule has 1 N–H and O–H groups in total. The molecule has 0 spiro atoms. The highest BCUT2D eigenvalue weighted by Gasteiger charge is 2.52. The second-order valence-electron chi connectivity index (χ2n) is 8.56. The fraction of sp³-hybridized carbons (Fsp3) is 0.409. The van der Waals surface area contributed by atoms with Gasteiger partial charge in [-0.05, 0) is 70.4 Å². The van der Waals surface area contributed by atoms with Gasteiger partial charge in [-0.15, -0.1) is 0 Å². The van der Waals surface area contributed by atoms with Crippen LogP contribution in [0.5, 0.6) is 0 Å². The first-order valence-electron chi connectivity index (χ1n) is 9.55. The van der Waals surface area contributed by atoms with Crippen LogP contribution in [0.3, 0.4) is 0 Å². The van der Waals surface area contributed by atoms with Gasteiger partial charge in [-0.1, -0.05) is 17.7 Å². The molecule has 1 aliphatic heterocycles. The molecule has 0 bridgehead atoms. The number of carbonyl (C=O) groups excluding carboxylic acids is 1. The van der Waals surface area contributed by atoms with Crippen molar-refractivity contribution < 1.29 is 14.1 Å². The number of nitrogens with zero attached hydrogens (tertiary/aromatic N) is 1. The molecule has 0 aliphatic carbocycles. The number of hydrogen-bond acceptors (Lipinski definition) is 4. The molecule has 0 atom stereocenters. The van der Waals surface area contributed by atoms with Crippen LogP contribution >= 0.6 is 0 Å². The maximum Gasteiger partial charge on any atom is 0.495 e. The van der Waals surface area contributed by atoms with E-state index in [1.807, 2.05) is 96.1 Å². The highest BCUT2D eigenvalue weighted by Crippen LogP contribution is 2.36. The van der Waals surface area contributed by atoms with Gasteiger partial charge in [0.1, 0.15) is 0 Å². The molecule has 6 heteroatoms. The largest absolute Gasteiger partial charge is 0.495 e. The van der Waals surface area contributed by atoms with Gasteiger partial charge in [-0.2, -0.15) is 0 Å². The van der Waals surface area contributed by atoms with Crippen molar-refractivity contribution in [2.75, 3.05) is 24.3 Å². The van der Waals surface area contributed by atoms with Crippen LogP contribution in [-0.2, 0) is 9.31 Å². The van der Waals surface area contributed by atoms with Crippen molar-refractivity contribution in [3.63, 3.8) is 0 Å². The first-order valence-corrected chi connectivity index (χ1v) is 9.55. The van der Waals surface area contributed by atoms with E-state index in [2.05, 4.69) is 5.32 Å². The molecular weight excluding hydrogens is 351 g/mol. The maximum atomic E-state index is 12.8. The van der Waals surface area contributed by atoms with Crippen molar-refractivity contribution >= 4 is 29.9 Å². The summed E-state index contributed by atoms with van der Waals surface area (Å²) in [6.07, 6.45) is 0. The monoisotopic (exact) mass is 380 g/mol. The zero-order valence-corrected chi connectivity index (χ0v) is 17.8. The minimum Gasteiger partial charge on any atom is -0.399 e. The highest BCUT2D eigenvalue weighted by atomic mass is 16.7. The number of rotatable bonds is 4. The lowest BCUT2D eigenvalue weighted by Gasteiger charge is -2.32. The fourth-order valence-electron chi connectivity index (χ4n) is 3.07. The molecule has 1 amide bonds. The summed E-state index contributed by atoms with van der Waals surface area (Å²) in [6, 6.07) is 13.4. The van der Waals surface area contributed by atoms with Crippen molar-refractivity contribution in [2.24, 2.45) is 0 Å². The van der Waals surface area contributed by atoms with Gasteiger partial charge in [0, 0.05) is 31.0 Å². The smallest absolute Gasteiger partial charge is 0.399 e. The average Bonchev–Trinajstić information content (AvgIpc) is 2.83. The Morgan fingerprint density at radius 2 is 1.64 bits per heavy atom. The zero-order valence-electron chi connectivity index (χ0n) is 17.8. The predicted octanol–water partition coefficient (Wildman–Crippen LogP) is 3.61. The molecule has 1 heterocycles. The Morgan fingerprint density at radius 3 is 2.25 bits per heavy atom. The minimum absolute atomic E-state index is 0.159. The predicted molar refractivity (Wildman–Crippen MR) is 116 cm³/mol. The molecular formula is C22H29BN2O3. The van der Waals surface area contributed by atoms with E-state index in [-0.39, 0.29) is 5.91 Å². The first-order chi connectivity index (χ1) is 13.0. The Bertz CT molecular complexity index is 877. The Labute approximate surface area is 168 Å². The summed E-state index contributed by atoms with van der Waals surface area (Å²) in [4.78, 5) is 14.8. The van der Waals surface area contributed by atoms with Crippen LogP contribution in [0.25, 0.3) is 0 Å². The maximum absolute atomic E-state index is 12.8. The lowest BCUT2D eigenvalue weighted by Crippen LogP contribution is -2.41. The second kappa shape index (κ2) is 7.26. The van der Waals surface area contributed by atoms with E-state index >= 15 is 0 Å². The molecule has 0 aromatic heterocycles. The molecule has 0 unspecified atom stereocenters. The summed E-state index contributed by atoms with van der Waals surface area (Å²) in [7, 11) is 3.45. The summed E-state index contributed by atoms with van der Waals surface area (Å²) >= 11 is 0.